The molecule has 146 valence electrons. The molecule has 0 aromatic carbocycles. The van der Waals surface area contributed by atoms with Crippen LogP contribution in [0.25, 0.3) is 0 Å². The molecule has 0 saturated heterocycles. The van der Waals surface area contributed by atoms with E-state index in [-0.39, 0.29) is 17.8 Å². The van der Waals surface area contributed by atoms with Gasteiger partial charge in [-0.3, -0.25) is 4.79 Å². The summed E-state index contributed by atoms with van der Waals surface area (Å²) in [6.45, 7) is 1.48. The molecule has 2 nitrogen and oxygen atoms in total. The summed E-state index contributed by atoms with van der Waals surface area (Å²) in [6, 6.07) is 0. The first-order valence-corrected chi connectivity index (χ1v) is 7.82. The monoisotopic (exact) mass is 382 g/mol. The second-order valence-electron chi connectivity index (χ2n) is 7.03. The summed E-state index contributed by atoms with van der Waals surface area (Å²) in [7, 11) is 0. The van der Waals surface area contributed by atoms with Gasteiger partial charge in [-0.25, -0.2) is 8.78 Å². The van der Waals surface area contributed by atoms with E-state index in [4.69, 9.17) is 0 Å². The number of carbonyl (C=O) groups is 1. The molecule has 0 spiro atoms. The third-order valence-electron chi connectivity index (χ3n) is 5.75. The lowest BCUT2D eigenvalue weighted by Crippen LogP contribution is -2.59. The van der Waals surface area contributed by atoms with Crippen LogP contribution in [0.2, 0.25) is 0 Å². The van der Waals surface area contributed by atoms with Crippen LogP contribution in [-0.2, 0) is 9.53 Å². The Labute approximate surface area is 138 Å². The number of rotatable bonds is 6. The largest absolute Gasteiger partial charge is 0.459 e. The van der Waals surface area contributed by atoms with Gasteiger partial charge in [0.25, 0.3) is 0 Å². The van der Waals surface area contributed by atoms with Gasteiger partial charge >= 0.3 is 30.2 Å². The highest BCUT2D eigenvalue weighted by Crippen LogP contribution is 2.55. The normalized spacial score (nSPS) is 33.2. The summed E-state index contributed by atoms with van der Waals surface area (Å²) >= 11 is 0. The predicted molar refractivity (Wildman–Crippen MR) is 69.8 cm³/mol. The van der Waals surface area contributed by atoms with E-state index >= 15 is 0 Å². The Hall–Kier alpha value is -1.09. The summed E-state index contributed by atoms with van der Waals surface area (Å²) in [6.07, 6.45) is -3.96. The third-order valence-corrected chi connectivity index (χ3v) is 5.75. The highest BCUT2D eigenvalue weighted by atomic mass is 19.4. The molecule has 0 amide bonds. The van der Waals surface area contributed by atoms with Crippen LogP contribution in [0.1, 0.15) is 26.7 Å². The van der Waals surface area contributed by atoms with Gasteiger partial charge in [0.1, 0.15) is 0 Å². The third kappa shape index (κ3) is 3.09. The standard InChI is InChI=1S/C15H18F8O2/c1-6-7(2)9-3-8(6)4-10(9)11(24)25-5-13(18,19)15(22,23)14(20,21)12(16)17/h6-10,12H,3-5H2,1-2H3. The zero-order chi connectivity index (χ0) is 19.4. The minimum atomic E-state index is -6.36. The van der Waals surface area contributed by atoms with E-state index in [1.54, 1.807) is 0 Å². The Kier molecular flexibility index (Phi) is 5.07. The van der Waals surface area contributed by atoms with Crippen molar-refractivity contribution in [3.05, 3.63) is 0 Å². The van der Waals surface area contributed by atoms with Crippen molar-refractivity contribution in [3.8, 4) is 0 Å². The molecule has 0 aromatic rings. The molecule has 0 radical (unpaired) electrons. The molecule has 25 heavy (non-hydrogen) atoms. The first kappa shape index (κ1) is 20.2. The lowest BCUT2D eigenvalue weighted by atomic mass is 9.76. The fourth-order valence-electron chi connectivity index (χ4n) is 3.95. The maximum atomic E-state index is 13.4. The zero-order valence-corrected chi connectivity index (χ0v) is 13.4. The summed E-state index contributed by atoms with van der Waals surface area (Å²) < 4.78 is 107. The Bertz CT molecular complexity index is 520. The molecule has 0 aliphatic heterocycles. The number of fused-ring (bicyclic) bond motifs is 2. The van der Waals surface area contributed by atoms with Crippen molar-refractivity contribution in [2.24, 2.45) is 29.6 Å². The van der Waals surface area contributed by atoms with Crippen molar-refractivity contribution in [1.82, 2.24) is 0 Å². The maximum Gasteiger partial charge on any atom is 0.381 e. The van der Waals surface area contributed by atoms with Crippen molar-refractivity contribution in [3.63, 3.8) is 0 Å². The number of carbonyl (C=O) groups excluding carboxylic acids is 1. The number of hydrogen-bond donors (Lipinski definition) is 0. The first-order chi connectivity index (χ1) is 11.2. The van der Waals surface area contributed by atoms with Crippen molar-refractivity contribution in [1.29, 1.82) is 0 Å². The summed E-state index contributed by atoms with van der Waals surface area (Å²) in [5.41, 5.74) is 0. The highest BCUT2D eigenvalue weighted by molar-refractivity contribution is 5.73. The predicted octanol–water partition coefficient (Wildman–Crippen LogP) is 4.63. The molecule has 10 heteroatoms. The smallest absolute Gasteiger partial charge is 0.381 e. The van der Waals surface area contributed by atoms with Crippen molar-refractivity contribution in [2.75, 3.05) is 6.61 Å². The van der Waals surface area contributed by atoms with Crippen molar-refractivity contribution < 1.29 is 44.7 Å². The van der Waals surface area contributed by atoms with Gasteiger partial charge in [0.15, 0.2) is 6.61 Å². The summed E-state index contributed by atoms with van der Waals surface area (Å²) in [4.78, 5) is 11.9. The van der Waals surface area contributed by atoms with Crippen LogP contribution in [0.3, 0.4) is 0 Å². The molecule has 2 fully saturated rings. The van der Waals surface area contributed by atoms with Crippen LogP contribution in [0, 0.1) is 29.6 Å². The van der Waals surface area contributed by atoms with Crippen LogP contribution >= 0.6 is 0 Å². The fourth-order valence-corrected chi connectivity index (χ4v) is 3.95. The Morgan fingerprint density at radius 2 is 1.60 bits per heavy atom. The Morgan fingerprint density at radius 3 is 2.04 bits per heavy atom. The molecule has 2 aliphatic carbocycles. The summed E-state index contributed by atoms with van der Waals surface area (Å²) in [5.74, 6) is -19.7. The topological polar surface area (TPSA) is 26.3 Å². The number of halogens is 8. The van der Waals surface area contributed by atoms with Crippen LogP contribution in [0.5, 0.6) is 0 Å². The van der Waals surface area contributed by atoms with Gasteiger partial charge in [-0.15, -0.1) is 0 Å². The molecule has 2 saturated carbocycles. The van der Waals surface area contributed by atoms with Gasteiger partial charge in [-0.2, -0.15) is 26.3 Å². The minimum Gasteiger partial charge on any atom is -0.459 e. The average molecular weight is 382 g/mol. The molecular weight excluding hydrogens is 364 g/mol. The molecule has 2 bridgehead atoms. The maximum absolute atomic E-state index is 13.4. The Morgan fingerprint density at radius 1 is 1.04 bits per heavy atom. The number of esters is 1. The van der Waals surface area contributed by atoms with Gasteiger partial charge in [-0.1, -0.05) is 13.8 Å². The van der Waals surface area contributed by atoms with Crippen LogP contribution in [-0.4, -0.2) is 36.8 Å². The van der Waals surface area contributed by atoms with E-state index in [0.29, 0.717) is 18.8 Å². The van der Waals surface area contributed by atoms with Gasteiger partial charge < -0.3 is 4.74 Å². The number of hydrogen-bond acceptors (Lipinski definition) is 2. The second kappa shape index (κ2) is 6.26. The first-order valence-electron chi connectivity index (χ1n) is 7.82. The van der Waals surface area contributed by atoms with E-state index in [1.165, 1.54) is 0 Å². The van der Waals surface area contributed by atoms with Gasteiger partial charge in [0.2, 0.25) is 0 Å². The lowest BCUT2D eigenvalue weighted by molar-refractivity contribution is -0.344. The van der Waals surface area contributed by atoms with E-state index in [9.17, 15) is 39.9 Å². The average Bonchev–Trinajstić information content (AvgIpc) is 3.05. The van der Waals surface area contributed by atoms with E-state index in [2.05, 4.69) is 4.74 Å². The molecule has 5 atom stereocenters. The molecule has 2 aliphatic rings. The summed E-state index contributed by atoms with van der Waals surface area (Å²) in [5, 5.41) is 0. The number of alkyl halides is 8. The van der Waals surface area contributed by atoms with E-state index < -0.39 is 42.7 Å². The number of ether oxygens (including phenoxy) is 1. The van der Waals surface area contributed by atoms with Crippen LogP contribution in [0.15, 0.2) is 0 Å². The SMILES string of the molecule is CC1C2CC(C(=O)OCC(F)(F)C(F)(F)C(F)(F)C(F)F)C(C2)C1C. The van der Waals surface area contributed by atoms with Crippen LogP contribution in [0.4, 0.5) is 35.1 Å². The van der Waals surface area contributed by atoms with E-state index in [1.807, 2.05) is 13.8 Å². The molecule has 5 unspecified atom stereocenters. The second-order valence-corrected chi connectivity index (χ2v) is 7.03. The van der Waals surface area contributed by atoms with Crippen molar-refractivity contribution in [2.45, 2.75) is 50.9 Å². The molecule has 2 rings (SSSR count). The van der Waals surface area contributed by atoms with Gasteiger partial charge in [0, 0.05) is 0 Å². The molecule has 0 N–H and O–H groups in total. The molecular formula is C15H18F8O2. The van der Waals surface area contributed by atoms with Gasteiger partial charge in [-0.05, 0) is 36.5 Å². The van der Waals surface area contributed by atoms with Gasteiger partial charge in [0.05, 0.1) is 5.92 Å². The minimum absolute atomic E-state index is 0.112. The van der Waals surface area contributed by atoms with Crippen LogP contribution < -0.4 is 0 Å². The molecule has 0 heterocycles. The van der Waals surface area contributed by atoms with Crippen molar-refractivity contribution >= 4 is 5.97 Å². The fraction of sp³-hybridized carbons (Fsp3) is 0.933. The Balaban J connectivity index is 2.02. The quantitative estimate of drug-likeness (QED) is 0.495. The molecule has 0 aromatic heterocycles. The lowest BCUT2D eigenvalue weighted by Gasteiger charge is -2.33. The highest BCUT2D eigenvalue weighted by Gasteiger charge is 2.75. The van der Waals surface area contributed by atoms with E-state index in [0.717, 1.165) is 0 Å². The zero-order valence-electron chi connectivity index (χ0n) is 13.4.